The fourth-order valence-electron chi connectivity index (χ4n) is 3.89. The molecule has 0 aliphatic carbocycles. The van der Waals surface area contributed by atoms with E-state index in [2.05, 4.69) is 5.32 Å². The number of hydrogen-bond acceptors (Lipinski definition) is 5. The molecule has 3 aromatic carbocycles. The Hall–Kier alpha value is -3.27. The van der Waals surface area contributed by atoms with Gasteiger partial charge in [0.15, 0.2) is 0 Å². The maximum absolute atomic E-state index is 13.9. The molecule has 8 nitrogen and oxygen atoms in total. The number of amides is 2. The number of hydrogen-bond donors (Lipinski definition) is 1. The molecule has 0 fully saturated rings. The Labute approximate surface area is 245 Å². The molecule has 214 valence electrons. The minimum atomic E-state index is -4.20. The van der Waals surface area contributed by atoms with Crippen molar-refractivity contribution < 1.29 is 22.7 Å². The number of methoxy groups -OCH3 is 1. The third kappa shape index (κ3) is 7.68. The van der Waals surface area contributed by atoms with Crippen molar-refractivity contribution in [1.29, 1.82) is 0 Å². The molecule has 0 saturated heterocycles. The van der Waals surface area contributed by atoms with Gasteiger partial charge in [-0.05, 0) is 68.3 Å². The topological polar surface area (TPSA) is 96.0 Å². The van der Waals surface area contributed by atoms with Crippen LogP contribution in [0, 0.1) is 0 Å². The molecule has 0 aliphatic rings. The number of nitrogens with one attached hydrogen (secondary N) is 1. The Morgan fingerprint density at radius 2 is 1.62 bits per heavy atom. The van der Waals surface area contributed by atoms with Crippen LogP contribution < -0.4 is 14.4 Å². The summed E-state index contributed by atoms with van der Waals surface area (Å²) in [6.07, 6.45) is 0.713. The lowest BCUT2D eigenvalue weighted by atomic mass is 10.1. The van der Waals surface area contributed by atoms with E-state index in [1.54, 1.807) is 49.4 Å². The van der Waals surface area contributed by atoms with E-state index in [9.17, 15) is 18.0 Å². The van der Waals surface area contributed by atoms with Crippen molar-refractivity contribution in [3.8, 4) is 5.75 Å². The van der Waals surface area contributed by atoms with Gasteiger partial charge in [-0.25, -0.2) is 8.42 Å². The Kier molecular flexibility index (Phi) is 10.8. The zero-order valence-electron chi connectivity index (χ0n) is 22.8. The van der Waals surface area contributed by atoms with Crippen molar-refractivity contribution in [2.45, 2.75) is 50.7 Å². The van der Waals surface area contributed by atoms with Gasteiger partial charge in [0.25, 0.3) is 10.0 Å². The van der Waals surface area contributed by atoms with Crippen molar-refractivity contribution in [2.75, 3.05) is 18.0 Å². The smallest absolute Gasteiger partial charge is 0.264 e. The Morgan fingerprint density at radius 3 is 2.20 bits per heavy atom. The molecule has 2 atom stereocenters. The van der Waals surface area contributed by atoms with E-state index in [4.69, 9.17) is 27.9 Å². The van der Waals surface area contributed by atoms with Crippen molar-refractivity contribution in [1.82, 2.24) is 10.2 Å². The summed E-state index contributed by atoms with van der Waals surface area (Å²) in [5.74, 6) is -0.566. The maximum atomic E-state index is 13.9. The second-order valence-corrected chi connectivity index (χ2v) is 12.0. The monoisotopic (exact) mass is 605 g/mol. The lowest BCUT2D eigenvalue weighted by Crippen LogP contribution is -2.52. The van der Waals surface area contributed by atoms with E-state index in [0.29, 0.717) is 17.2 Å². The summed E-state index contributed by atoms with van der Waals surface area (Å²) in [5, 5.41) is 3.61. The van der Waals surface area contributed by atoms with Crippen LogP contribution in [0.1, 0.15) is 32.8 Å². The minimum Gasteiger partial charge on any atom is -0.495 e. The van der Waals surface area contributed by atoms with Gasteiger partial charge in [-0.2, -0.15) is 0 Å². The number of sulfonamides is 1. The second kappa shape index (κ2) is 13.9. The van der Waals surface area contributed by atoms with Gasteiger partial charge in [-0.3, -0.25) is 13.9 Å². The highest BCUT2D eigenvalue weighted by atomic mass is 35.5. The summed E-state index contributed by atoms with van der Waals surface area (Å²) in [6.45, 7) is 4.92. The van der Waals surface area contributed by atoms with Crippen LogP contribution in [0.5, 0.6) is 5.75 Å². The molecule has 3 rings (SSSR count). The molecule has 0 bridgehead atoms. The van der Waals surface area contributed by atoms with Gasteiger partial charge in [-0.15, -0.1) is 0 Å². The van der Waals surface area contributed by atoms with Gasteiger partial charge in [0.2, 0.25) is 11.8 Å². The molecule has 40 heavy (non-hydrogen) atoms. The van der Waals surface area contributed by atoms with Crippen molar-refractivity contribution >= 4 is 50.7 Å². The number of rotatable bonds is 12. The van der Waals surface area contributed by atoms with Gasteiger partial charge < -0.3 is 15.0 Å². The van der Waals surface area contributed by atoms with Gasteiger partial charge in [0.05, 0.1) is 22.7 Å². The quantitative estimate of drug-likeness (QED) is 0.293. The van der Waals surface area contributed by atoms with Crippen LogP contribution in [0.15, 0.2) is 77.7 Å². The average Bonchev–Trinajstić information content (AvgIpc) is 2.95. The number of nitrogens with zero attached hydrogens (tertiary/aromatic N) is 2. The van der Waals surface area contributed by atoms with Crippen LogP contribution >= 0.6 is 23.2 Å². The van der Waals surface area contributed by atoms with Gasteiger partial charge in [0, 0.05) is 17.6 Å². The summed E-state index contributed by atoms with van der Waals surface area (Å²) in [6, 6.07) is 18.2. The molecule has 1 N–H and O–H groups in total. The highest BCUT2D eigenvalue weighted by molar-refractivity contribution is 7.92. The third-order valence-electron chi connectivity index (χ3n) is 6.47. The zero-order chi connectivity index (χ0) is 29.4. The molecule has 0 aromatic heterocycles. The van der Waals surface area contributed by atoms with Crippen LogP contribution in [0.2, 0.25) is 10.0 Å². The molecule has 3 aromatic rings. The van der Waals surface area contributed by atoms with Crippen molar-refractivity contribution in [2.24, 2.45) is 0 Å². The first kappa shape index (κ1) is 31.3. The molecule has 2 unspecified atom stereocenters. The van der Waals surface area contributed by atoms with Gasteiger partial charge >= 0.3 is 0 Å². The maximum Gasteiger partial charge on any atom is 0.264 e. The minimum absolute atomic E-state index is 0.00144. The molecule has 0 radical (unpaired) electrons. The van der Waals surface area contributed by atoms with Gasteiger partial charge in [-0.1, -0.05) is 60.5 Å². The van der Waals surface area contributed by atoms with E-state index in [-0.39, 0.29) is 34.1 Å². The predicted molar refractivity (Wildman–Crippen MR) is 158 cm³/mol. The van der Waals surface area contributed by atoms with E-state index < -0.39 is 28.5 Å². The number of ether oxygens (including phenoxy) is 1. The zero-order valence-corrected chi connectivity index (χ0v) is 25.1. The number of carbonyl (C=O) groups excluding carboxylic acids is 2. The average molecular weight is 607 g/mol. The van der Waals surface area contributed by atoms with Crippen LogP contribution in [0.4, 0.5) is 5.69 Å². The largest absolute Gasteiger partial charge is 0.495 e. The molecular weight excluding hydrogens is 573 g/mol. The number of halogens is 2. The molecule has 0 spiro atoms. The van der Waals surface area contributed by atoms with Crippen LogP contribution in [-0.2, 0) is 26.2 Å². The molecule has 11 heteroatoms. The first-order valence-corrected chi connectivity index (χ1v) is 14.9. The molecule has 0 heterocycles. The Balaban J connectivity index is 2.04. The fraction of sp³-hybridized carbons (Fsp3) is 0.310. The second-order valence-electron chi connectivity index (χ2n) is 9.29. The highest BCUT2D eigenvalue weighted by Crippen LogP contribution is 2.32. The summed E-state index contributed by atoms with van der Waals surface area (Å²) >= 11 is 12.4. The summed E-state index contributed by atoms with van der Waals surface area (Å²) in [7, 11) is -2.75. The fourth-order valence-corrected chi connectivity index (χ4v) is 5.70. The van der Waals surface area contributed by atoms with Crippen molar-refractivity contribution in [3.05, 3.63) is 88.4 Å². The number of benzene rings is 3. The normalized spacial score (nSPS) is 12.8. The molecule has 2 amide bonds. The Morgan fingerprint density at radius 1 is 0.975 bits per heavy atom. The van der Waals surface area contributed by atoms with Crippen LogP contribution in [-0.4, -0.2) is 50.9 Å². The SMILES string of the molecule is CCC(C)NC(=O)C(C)N(Cc1ccc(Cl)cc1)C(=O)CN(c1ccc(OC)c(Cl)c1)S(=O)(=O)c1ccccc1. The molecule has 0 aliphatic heterocycles. The lowest BCUT2D eigenvalue weighted by molar-refractivity contribution is -0.139. The van der Waals surface area contributed by atoms with E-state index in [1.165, 1.54) is 42.3 Å². The van der Waals surface area contributed by atoms with E-state index >= 15 is 0 Å². The highest BCUT2D eigenvalue weighted by Gasteiger charge is 2.33. The third-order valence-corrected chi connectivity index (χ3v) is 8.80. The van der Waals surface area contributed by atoms with E-state index in [0.717, 1.165) is 9.87 Å². The van der Waals surface area contributed by atoms with E-state index in [1.807, 2.05) is 13.8 Å². The number of anilines is 1. The number of carbonyl (C=O) groups is 2. The summed E-state index contributed by atoms with van der Waals surface area (Å²) in [4.78, 5) is 28.4. The first-order valence-electron chi connectivity index (χ1n) is 12.7. The molecule has 0 saturated carbocycles. The van der Waals surface area contributed by atoms with Crippen LogP contribution in [0.3, 0.4) is 0 Å². The predicted octanol–water partition coefficient (Wildman–Crippen LogP) is 5.53. The standard InChI is InChI=1S/C29H33Cl2N3O5S/c1-5-20(2)32-29(36)21(3)33(18-22-11-13-23(30)14-12-22)28(35)19-34(24-15-16-27(39-4)26(31)17-24)40(37,38)25-9-7-6-8-10-25/h6-17,20-21H,5,18-19H2,1-4H3,(H,32,36). The van der Waals surface area contributed by atoms with Gasteiger partial charge in [0.1, 0.15) is 18.3 Å². The summed E-state index contributed by atoms with van der Waals surface area (Å²) < 4.78 is 33.9. The first-order chi connectivity index (χ1) is 19.0. The Bertz CT molecular complexity index is 1420. The lowest BCUT2D eigenvalue weighted by Gasteiger charge is -2.32. The summed E-state index contributed by atoms with van der Waals surface area (Å²) in [5.41, 5.74) is 0.900. The van der Waals surface area contributed by atoms with Crippen molar-refractivity contribution in [3.63, 3.8) is 0 Å². The molecular formula is C29H33Cl2N3O5S. The van der Waals surface area contributed by atoms with Crippen LogP contribution in [0.25, 0.3) is 0 Å².